The topological polar surface area (TPSA) is 59.8 Å². The van der Waals surface area contributed by atoms with E-state index in [0.717, 1.165) is 62.4 Å². The fourth-order valence-corrected chi connectivity index (χ4v) is 3.94. The molecule has 0 radical (unpaired) electrons. The van der Waals surface area contributed by atoms with Gasteiger partial charge in [0.05, 0.1) is 25.1 Å². The van der Waals surface area contributed by atoms with Crippen LogP contribution < -0.4 is 4.74 Å². The van der Waals surface area contributed by atoms with Crippen molar-refractivity contribution in [2.24, 2.45) is 5.92 Å². The Morgan fingerprint density at radius 2 is 2.07 bits per heavy atom. The molecule has 1 aromatic carbocycles. The number of hydrogen-bond donors (Lipinski definition) is 1. The van der Waals surface area contributed by atoms with Crippen molar-refractivity contribution in [3.8, 4) is 5.75 Å². The maximum Gasteiger partial charge on any atom is 0.124 e. The van der Waals surface area contributed by atoms with E-state index in [4.69, 9.17) is 9.47 Å². The highest BCUT2D eigenvalue weighted by Gasteiger charge is 2.33. The van der Waals surface area contributed by atoms with E-state index >= 15 is 0 Å². The predicted octanol–water partition coefficient (Wildman–Crippen LogP) is 2.89. The van der Waals surface area contributed by atoms with Crippen molar-refractivity contribution in [1.82, 2.24) is 14.7 Å². The molecule has 1 unspecified atom stereocenters. The van der Waals surface area contributed by atoms with Crippen LogP contribution in [-0.2, 0) is 31.0 Å². The minimum Gasteiger partial charge on any atom is -0.496 e. The van der Waals surface area contributed by atoms with Gasteiger partial charge in [0.1, 0.15) is 11.9 Å². The predicted molar refractivity (Wildman–Crippen MR) is 102 cm³/mol. The molecule has 1 atom stereocenters. The van der Waals surface area contributed by atoms with Crippen molar-refractivity contribution < 1.29 is 14.6 Å². The van der Waals surface area contributed by atoms with Crippen LogP contribution in [0.3, 0.4) is 0 Å². The number of aromatic nitrogens is 2. The Kier molecular flexibility index (Phi) is 5.48. The molecule has 0 saturated heterocycles. The van der Waals surface area contributed by atoms with Crippen LogP contribution in [0.2, 0.25) is 0 Å². The van der Waals surface area contributed by atoms with Gasteiger partial charge in [0, 0.05) is 38.9 Å². The molecule has 2 aliphatic rings. The second kappa shape index (κ2) is 8.00. The second-order valence-corrected chi connectivity index (χ2v) is 7.71. The summed E-state index contributed by atoms with van der Waals surface area (Å²) in [6, 6.07) is 8.43. The number of ether oxygens (including phenoxy) is 2. The van der Waals surface area contributed by atoms with Gasteiger partial charge >= 0.3 is 0 Å². The normalized spacial score (nSPS) is 18.8. The first-order chi connectivity index (χ1) is 13.2. The molecule has 6 nitrogen and oxygen atoms in total. The third-order valence-corrected chi connectivity index (χ3v) is 5.53. The minimum absolute atomic E-state index is 0.393. The van der Waals surface area contributed by atoms with Gasteiger partial charge in [-0.2, -0.15) is 5.10 Å². The highest BCUT2D eigenvalue weighted by molar-refractivity contribution is 5.37. The smallest absolute Gasteiger partial charge is 0.124 e. The standard InChI is InChI=1S/C21H29N3O3/c1-26-14-17-10-15(4-7-20(17)27-2)12-23-8-3-9-24-18(13-23)11-19(22-24)21(25)16-5-6-16/h4,7,10-11,16,21,25H,3,5-6,8-9,12-14H2,1-2H3. The van der Waals surface area contributed by atoms with Crippen molar-refractivity contribution in [3.63, 3.8) is 0 Å². The zero-order valence-electron chi connectivity index (χ0n) is 16.2. The highest BCUT2D eigenvalue weighted by atomic mass is 16.5. The molecule has 146 valence electrons. The maximum atomic E-state index is 10.4. The molecular weight excluding hydrogens is 342 g/mol. The number of aryl methyl sites for hydroxylation is 1. The fourth-order valence-electron chi connectivity index (χ4n) is 3.94. The number of aliphatic hydroxyl groups excluding tert-OH is 1. The number of hydrogen-bond acceptors (Lipinski definition) is 5. The lowest BCUT2D eigenvalue weighted by Crippen LogP contribution is -2.22. The Labute approximate surface area is 160 Å². The largest absolute Gasteiger partial charge is 0.496 e. The first-order valence-electron chi connectivity index (χ1n) is 9.79. The Balaban J connectivity index is 1.48. The molecule has 1 N–H and O–H groups in total. The van der Waals surface area contributed by atoms with Crippen molar-refractivity contribution in [2.45, 2.75) is 51.6 Å². The molecule has 1 aliphatic carbocycles. The van der Waals surface area contributed by atoms with Crippen LogP contribution in [0.5, 0.6) is 5.75 Å². The van der Waals surface area contributed by atoms with E-state index in [1.54, 1.807) is 14.2 Å². The van der Waals surface area contributed by atoms with Crippen LogP contribution in [0.4, 0.5) is 0 Å². The van der Waals surface area contributed by atoms with E-state index in [1.807, 2.05) is 6.07 Å². The highest BCUT2D eigenvalue weighted by Crippen LogP contribution is 2.40. The Morgan fingerprint density at radius 1 is 1.22 bits per heavy atom. The third-order valence-electron chi connectivity index (χ3n) is 5.53. The second-order valence-electron chi connectivity index (χ2n) is 7.71. The zero-order chi connectivity index (χ0) is 18.8. The molecule has 2 aromatic rings. The average molecular weight is 371 g/mol. The van der Waals surface area contributed by atoms with Crippen LogP contribution in [0.25, 0.3) is 0 Å². The quantitative estimate of drug-likeness (QED) is 0.811. The zero-order valence-corrected chi connectivity index (χ0v) is 16.2. The van der Waals surface area contributed by atoms with E-state index < -0.39 is 6.10 Å². The summed E-state index contributed by atoms with van der Waals surface area (Å²) in [6.07, 6.45) is 2.92. The number of methoxy groups -OCH3 is 2. The summed E-state index contributed by atoms with van der Waals surface area (Å²) in [7, 11) is 3.40. The minimum atomic E-state index is -0.393. The summed E-state index contributed by atoms with van der Waals surface area (Å²) in [4.78, 5) is 2.45. The Hall–Kier alpha value is -1.89. The van der Waals surface area contributed by atoms with E-state index in [0.29, 0.717) is 12.5 Å². The van der Waals surface area contributed by atoms with Crippen LogP contribution in [0.1, 0.15) is 47.9 Å². The van der Waals surface area contributed by atoms with Crippen molar-refractivity contribution in [3.05, 3.63) is 46.8 Å². The average Bonchev–Trinajstić information content (AvgIpc) is 3.46. The first kappa shape index (κ1) is 18.5. The van der Waals surface area contributed by atoms with Crippen molar-refractivity contribution in [1.29, 1.82) is 0 Å². The summed E-state index contributed by atoms with van der Waals surface area (Å²) in [5.74, 6) is 1.28. The fraction of sp³-hybridized carbons (Fsp3) is 0.571. The Morgan fingerprint density at radius 3 is 2.81 bits per heavy atom. The molecule has 27 heavy (non-hydrogen) atoms. The van der Waals surface area contributed by atoms with Gasteiger partial charge in [-0.1, -0.05) is 6.07 Å². The van der Waals surface area contributed by atoms with Gasteiger partial charge in [0.15, 0.2) is 0 Å². The Bertz CT molecular complexity index is 785. The van der Waals surface area contributed by atoms with Gasteiger partial charge in [0.25, 0.3) is 0 Å². The third kappa shape index (κ3) is 4.18. The SMILES string of the molecule is COCc1cc(CN2CCCn3nc(C(O)C4CC4)cc3C2)ccc1OC. The van der Waals surface area contributed by atoms with Gasteiger partial charge in [-0.15, -0.1) is 0 Å². The molecular formula is C21H29N3O3. The summed E-state index contributed by atoms with van der Waals surface area (Å²) in [5, 5.41) is 15.1. The van der Waals surface area contributed by atoms with E-state index in [1.165, 1.54) is 11.3 Å². The van der Waals surface area contributed by atoms with Gasteiger partial charge in [-0.3, -0.25) is 9.58 Å². The molecule has 1 fully saturated rings. The number of fused-ring (bicyclic) bond motifs is 1. The number of benzene rings is 1. The van der Waals surface area contributed by atoms with E-state index in [-0.39, 0.29) is 0 Å². The van der Waals surface area contributed by atoms with Crippen molar-refractivity contribution in [2.75, 3.05) is 20.8 Å². The molecule has 1 aromatic heterocycles. The molecule has 4 rings (SSSR count). The summed E-state index contributed by atoms with van der Waals surface area (Å²) < 4.78 is 12.8. The van der Waals surface area contributed by atoms with Crippen molar-refractivity contribution >= 4 is 0 Å². The lowest BCUT2D eigenvalue weighted by Gasteiger charge is -2.20. The molecule has 0 spiro atoms. The molecule has 1 aliphatic heterocycles. The van der Waals surface area contributed by atoms with Crippen LogP contribution in [-0.4, -0.2) is 40.6 Å². The lowest BCUT2D eigenvalue weighted by atomic mass is 10.1. The molecule has 2 heterocycles. The van der Waals surface area contributed by atoms with Crippen LogP contribution in [0.15, 0.2) is 24.3 Å². The number of nitrogens with zero attached hydrogens (tertiary/aromatic N) is 3. The monoisotopic (exact) mass is 371 g/mol. The van der Waals surface area contributed by atoms with Gasteiger partial charge in [-0.05, 0) is 48.9 Å². The number of rotatable bonds is 7. The number of aliphatic hydroxyl groups is 1. The van der Waals surface area contributed by atoms with Gasteiger partial charge in [0.2, 0.25) is 0 Å². The molecule has 0 amide bonds. The molecule has 1 saturated carbocycles. The first-order valence-corrected chi connectivity index (χ1v) is 9.79. The summed E-state index contributed by atoms with van der Waals surface area (Å²) in [6.45, 7) is 4.24. The lowest BCUT2D eigenvalue weighted by molar-refractivity contribution is 0.148. The maximum absolute atomic E-state index is 10.4. The van der Waals surface area contributed by atoms with E-state index in [9.17, 15) is 5.11 Å². The van der Waals surface area contributed by atoms with E-state index in [2.05, 4.69) is 32.9 Å². The van der Waals surface area contributed by atoms with Crippen LogP contribution in [0, 0.1) is 5.92 Å². The molecule has 0 bridgehead atoms. The summed E-state index contributed by atoms with van der Waals surface area (Å²) >= 11 is 0. The van der Waals surface area contributed by atoms with Gasteiger partial charge < -0.3 is 14.6 Å². The summed E-state index contributed by atoms with van der Waals surface area (Å²) in [5.41, 5.74) is 4.38. The van der Waals surface area contributed by atoms with Crippen LogP contribution >= 0.6 is 0 Å². The van der Waals surface area contributed by atoms with Gasteiger partial charge in [-0.25, -0.2) is 0 Å². The molecule has 6 heteroatoms.